The Bertz CT molecular complexity index is 526. The fourth-order valence-electron chi connectivity index (χ4n) is 1.36. The molecule has 0 radical (unpaired) electrons. The van der Waals surface area contributed by atoms with Gasteiger partial charge in [-0.15, -0.1) is 0 Å². The van der Waals surface area contributed by atoms with Gasteiger partial charge in [-0.1, -0.05) is 12.1 Å². The van der Waals surface area contributed by atoms with E-state index in [4.69, 9.17) is 9.88 Å². The van der Waals surface area contributed by atoms with Crippen LogP contribution in [-0.4, -0.2) is 19.9 Å². The predicted molar refractivity (Wildman–Crippen MR) is 61.1 cm³/mol. The Morgan fingerprint density at radius 2 is 2.12 bits per heavy atom. The number of benzene rings is 1. The Labute approximate surface area is 98.4 Å². The smallest absolute Gasteiger partial charge is 0.311 e. The molecule has 0 atom stereocenters. The van der Waals surface area contributed by atoms with Crippen molar-refractivity contribution in [1.82, 2.24) is 0 Å². The van der Waals surface area contributed by atoms with Crippen molar-refractivity contribution in [3.05, 3.63) is 33.9 Å². The number of hydrogen-bond acceptors (Lipinski definition) is 5. The van der Waals surface area contributed by atoms with Crippen LogP contribution in [0.15, 0.2) is 18.2 Å². The van der Waals surface area contributed by atoms with Gasteiger partial charge in [0.2, 0.25) is 15.8 Å². The van der Waals surface area contributed by atoms with Gasteiger partial charge in [-0.3, -0.25) is 10.1 Å². The van der Waals surface area contributed by atoms with E-state index in [0.717, 1.165) is 0 Å². The Morgan fingerprint density at radius 3 is 2.59 bits per heavy atom. The van der Waals surface area contributed by atoms with Gasteiger partial charge in [0.25, 0.3) is 0 Å². The maximum absolute atomic E-state index is 11.0. The van der Waals surface area contributed by atoms with Crippen LogP contribution in [0.2, 0.25) is 0 Å². The molecule has 1 rings (SSSR count). The summed E-state index contributed by atoms with van der Waals surface area (Å²) in [6, 6.07) is 4.07. The highest BCUT2D eigenvalue weighted by Crippen LogP contribution is 2.31. The first-order valence-corrected chi connectivity index (χ1v) is 6.46. The van der Waals surface area contributed by atoms with Gasteiger partial charge in [0.15, 0.2) is 0 Å². The summed E-state index contributed by atoms with van der Waals surface area (Å²) in [7, 11) is -3.76. The van der Waals surface area contributed by atoms with Crippen LogP contribution in [0.4, 0.5) is 5.69 Å². The molecule has 0 saturated heterocycles. The van der Waals surface area contributed by atoms with Crippen molar-refractivity contribution >= 4 is 15.7 Å². The number of hydrogen-bond donors (Lipinski definition) is 1. The SMILES string of the molecule is CCOc1c(CS(N)(=O)=O)cccc1[N+](=O)[O-]. The molecule has 2 N–H and O–H groups in total. The Kier molecular flexibility index (Phi) is 4.02. The number of nitrogens with two attached hydrogens (primary N) is 1. The molecular weight excluding hydrogens is 248 g/mol. The van der Waals surface area contributed by atoms with E-state index in [-0.39, 0.29) is 23.6 Å². The van der Waals surface area contributed by atoms with E-state index in [9.17, 15) is 18.5 Å². The van der Waals surface area contributed by atoms with Crippen molar-refractivity contribution in [1.29, 1.82) is 0 Å². The minimum atomic E-state index is -3.76. The second-order valence-electron chi connectivity index (χ2n) is 3.26. The topological polar surface area (TPSA) is 113 Å². The van der Waals surface area contributed by atoms with Crippen LogP contribution in [0.1, 0.15) is 12.5 Å². The van der Waals surface area contributed by atoms with E-state index in [2.05, 4.69) is 0 Å². The monoisotopic (exact) mass is 260 g/mol. The summed E-state index contributed by atoms with van der Waals surface area (Å²) in [5, 5.41) is 15.7. The molecule has 0 spiro atoms. The maximum Gasteiger partial charge on any atom is 0.311 e. The van der Waals surface area contributed by atoms with Crippen LogP contribution in [0.3, 0.4) is 0 Å². The fourth-order valence-corrected chi connectivity index (χ4v) is 2.02. The fraction of sp³-hybridized carbons (Fsp3) is 0.333. The lowest BCUT2D eigenvalue weighted by Crippen LogP contribution is -2.15. The van der Waals surface area contributed by atoms with Crippen LogP contribution in [0, 0.1) is 10.1 Å². The quantitative estimate of drug-likeness (QED) is 0.621. The number of nitrogens with zero attached hydrogens (tertiary/aromatic N) is 1. The van der Waals surface area contributed by atoms with Gasteiger partial charge in [0.1, 0.15) is 0 Å². The maximum atomic E-state index is 11.0. The zero-order chi connectivity index (χ0) is 13.1. The summed E-state index contributed by atoms with van der Waals surface area (Å²) in [6.45, 7) is 1.85. The number of sulfonamides is 1. The van der Waals surface area contributed by atoms with E-state index < -0.39 is 20.7 Å². The summed E-state index contributed by atoms with van der Waals surface area (Å²) in [5.74, 6) is -0.543. The van der Waals surface area contributed by atoms with E-state index in [1.807, 2.05) is 0 Å². The highest BCUT2D eigenvalue weighted by molar-refractivity contribution is 7.88. The Hall–Kier alpha value is -1.67. The van der Waals surface area contributed by atoms with Crippen LogP contribution in [-0.2, 0) is 15.8 Å². The van der Waals surface area contributed by atoms with Crippen LogP contribution in [0.5, 0.6) is 5.75 Å². The van der Waals surface area contributed by atoms with Gasteiger partial charge >= 0.3 is 5.69 Å². The first kappa shape index (κ1) is 13.4. The number of rotatable bonds is 5. The third-order valence-electron chi connectivity index (χ3n) is 1.92. The molecule has 17 heavy (non-hydrogen) atoms. The van der Waals surface area contributed by atoms with Gasteiger partial charge in [-0.2, -0.15) is 0 Å². The molecule has 0 aliphatic carbocycles. The molecule has 1 aromatic carbocycles. The van der Waals surface area contributed by atoms with Gasteiger partial charge in [0.05, 0.1) is 17.3 Å². The Balaban J connectivity index is 3.29. The largest absolute Gasteiger partial charge is 0.487 e. The molecule has 0 aliphatic rings. The molecule has 0 saturated carbocycles. The summed E-state index contributed by atoms with van der Waals surface area (Å²) < 4.78 is 27.1. The molecule has 0 amide bonds. The number of primary sulfonamides is 1. The molecule has 1 aromatic rings. The Morgan fingerprint density at radius 1 is 1.47 bits per heavy atom. The van der Waals surface area contributed by atoms with Crippen molar-refractivity contribution in [2.45, 2.75) is 12.7 Å². The summed E-state index contributed by atoms with van der Waals surface area (Å²) >= 11 is 0. The number of nitro benzene ring substituents is 1. The van der Waals surface area contributed by atoms with Crippen molar-refractivity contribution < 1.29 is 18.1 Å². The highest BCUT2D eigenvalue weighted by Gasteiger charge is 2.21. The van der Waals surface area contributed by atoms with Gasteiger partial charge in [-0.05, 0) is 6.92 Å². The molecular formula is C9H12N2O5S. The average Bonchev–Trinajstić information content (AvgIpc) is 2.18. The van der Waals surface area contributed by atoms with Crippen molar-refractivity contribution in [3.63, 3.8) is 0 Å². The molecule has 7 nitrogen and oxygen atoms in total. The third-order valence-corrected chi connectivity index (χ3v) is 2.63. The molecule has 0 aromatic heterocycles. The third kappa shape index (κ3) is 3.68. The lowest BCUT2D eigenvalue weighted by Gasteiger charge is -2.09. The zero-order valence-corrected chi connectivity index (χ0v) is 9.94. The molecule has 0 unspecified atom stereocenters. The number of para-hydroxylation sites is 1. The second kappa shape index (κ2) is 5.11. The minimum Gasteiger partial charge on any atom is -0.487 e. The minimum absolute atomic E-state index is 0.0472. The number of nitro groups is 1. The molecule has 0 bridgehead atoms. The van der Waals surface area contributed by atoms with Crippen molar-refractivity contribution in [2.75, 3.05) is 6.61 Å². The summed E-state index contributed by atoms with van der Waals surface area (Å²) in [6.07, 6.45) is 0. The zero-order valence-electron chi connectivity index (χ0n) is 9.12. The first-order chi connectivity index (χ1) is 7.85. The second-order valence-corrected chi connectivity index (χ2v) is 4.88. The molecule has 94 valence electrons. The lowest BCUT2D eigenvalue weighted by atomic mass is 10.2. The predicted octanol–water partition coefficient (Wildman–Crippen LogP) is 0.782. The summed E-state index contributed by atoms with van der Waals surface area (Å²) in [4.78, 5) is 10.1. The summed E-state index contributed by atoms with van der Waals surface area (Å²) in [5.41, 5.74) is -0.0865. The van der Waals surface area contributed by atoms with Crippen LogP contribution >= 0.6 is 0 Å². The van der Waals surface area contributed by atoms with Gasteiger partial charge in [-0.25, -0.2) is 13.6 Å². The molecule has 0 aliphatic heterocycles. The standard InChI is InChI=1S/C9H12N2O5S/c1-2-16-9-7(6-17(10,14)15)4-3-5-8(9)11(12)13/h3-5H,2,6H2,1H3,(H2,10,14,15). The van der Waals surface area contributed by atoms with Gasteiger partial charge in [0, 0.05) is 11.6 Å². The van der Waals surface area contributed by atoms with Crippen molar-refractivity contribution in [3.8, 4) is 5.75 Å². The van der Waals surface area contributed by atoms with Crippen LogP contribution < -0.4 is 9.88 Å². The van der Waals surface area contributed by atoms with E-state index in [1.54, 1.807) is 6.92 Å². The van der Waals surface area contributed by atoms with E-state index in [1.165, 1.54) is 18.2 Å². The average molecular weight is 260 g/mol. The van der Waals surface area contributed by atoms with E-state index >= 15 is 0 Å². The molecule has 8 heteroatoms. The number of ether oxygens (including phenoxy) is 1. The van der Waals surface area contributed by atoms with E-state index in [0.29, 0.717) is 0 Å². The van der Waals surface area contributed by atoms with Crippen LogP contribution in [0.25, 0.3) is 0 Å². The molecule has 0 heterocycles. The van der Waals surface area contributed by atoms with Crippen molar-refractivity contribution in [2.24, 2.45) is 5.14 Å². The lowest BCUT2D eigenvalue weighted by molar-refractivity contribution is -0.385. The first-order valence-electron chi connectivity index (χ1n) is 4.74. The normalized spacial score (nSPS) is 11.2. The van der Waals surface area contributed by atoms with Gasteiger partial charge < -0.3 is 4.74 Å². The highest BCUT2D eigenvalue weighted by atomic mass is 32.2. The molecule has 0 fully saturated rings.